The molecule has 1 unspecified atom stereocenters. The highest BCUT2D eigenvalue weighted by molar-refractivity contribution is 6.05. The monoisotopic (exact) mass is 508 g/mol. The van der Waals surface area contributed by atoms with E-state index in [1.165, 1.54) is 57.4 Å². The summed E-state index contributed by atoms with van der Waals surface area (Å²) in [6, 6.07) is 7.09. The van der Waals surface area contributed by atoms with Crippen molar-refractivity contribution in [3.63, 3.8) is 0 Å². The lowest BCUT2D eigenvalue weighted by Gasteiger charge is -2.45. The van der Waals surface area contributed by atoms with Gasteiger partial charge in [0.05, 0.1) is 0 Å². The minimum Gasteiger partial charge on any atom is -0.322 e. The van der Waals surface area contributed by atoms with Gasteiger partial charge in [-0.1, -0.05) is 12.1 Å². The van der Waals surface area contributed by atoms with Crippen LogP contribution in [-0.2, 0) is 22.7 Å². The highest BCUT2D eigenvalue weighted by atomic mass is 16.2. The van der Waals surface area contributed by atoms with Gasteiger partial charge >= 0.3 is 0 Å². The van der Waals surface area contributed by atoms with Crippen molar-refractivity contribution in [2.75, 3.05) is 52.4 Å². The Balaban J connectivity index is 0.986. The minimum atomic E-state index is -0.555. The van der Waals surface area contributed by atoms with E-state index in [1.807, 2.05) is 6.07 Å². The molecule has 0 aliphatic carbocycles. The third-order valence-electron chi connectivity index (χ3n) is 9.24. The van der Waals surface area contributed by atoms with Crippen LogP contribution in [0.15, 0.2) is 18.2 Å². The van der Waals surface area contributed by atoms with E-state index in [0.717, 1.165) is 50.4 Å². The van der Waals surface area contributed by atoms with E-state index in [-0.39, 0.29) is 24.1 Å². The van der Waals surface area contributed by atoms with Gasteiger partial charge in [0.25, 0.3) is 5.91 Å². The maximum Gasteiger partial charge on any atom is 0.255 e. The van der Waals surface area contributed by atoms with E-state index in [1.54, 1.807) is 4.90 Å². The average molecular weight is 509 g/mol. The Kier molecular flexibility index (Phi) is 7.29. The molecule has 0 saturated carbocycles. The smallest absolute Gasteiger partial charge is 0.255 e. The molecule has 4 saturated heterocycles. The number of nitrogens with one attached hydrogen (secondary N) is 2. The molecule has 2 N–H and O–H groups in total. The molecule has 1 atom stereocenters. The number of nitrogens with zero attached hydrogens (tertiary/aromatic N) is 4. The highest BCUT2D eigenvalue weighted by Gasteiger charge is 2.39. The number of rotatable bonds is 5. The summed E-state index contributed by atoms with van der Waals surface area (Å²) in [5.41, 5.74) is 2.90. The van der Waals surface area contributed by atoms with E-state index in [9.17, 15) is 14.4 Å². The van der Waals surface area contributed by atoms with Gasteiger partial charge in [0.15, 0.2) is 0 Å². The summed E-state index contributed by atoms with van der Waals surface area (Å²) in [6.07, 6.45) is 5.88. The molecular weight excluding hydrogens is 468 g/mol. The summed E-state index contributed by atoms with van der Waals surface area (Å²) in [5.74, 6) is -0.709. The first-order valence-corrected chi connectivity index (χ1v) is 14.2. The normalized spacial score (nSPS) is 27.5. The number of piperazine rings is 1. The van der Waals surface area contributed by atoms with Crippen LogP contribution in [0.2, 0.25) is 0 Å². The van der Waals surface area contributed by atoms with Crippen molar-refractivity contribution in [1.29, 1.82) is 0 Å². The van der Waals surface area contributed by atoms with Crippen molar-refractivity contribution in [2.45, 2.75) is 69.7 Å². The fraction of sp³-hybridized carbons (Fsp3) is 0.679. The SMILES string of the molecule is O=C1CCC(N2Cc3cc(CN4CCN(C5CCN(C6CCNCC6)CC5)CC4)ccc3C2=O)C(=O)N1. The van der Waals surface area contributed by atoms with E-state index >= 15 is 0 Å². The summed E-state index contributed by atoms with van der Waals surface area (Å²) < 4.78 is 0. The number of carbonyl (C=O) groups is 3. The zero-order valence-corrected chi connectivity index (χ0v) is 21.8. The van der Waals surface area contributed by atoms with Crippen LogP contribution in [0.4, 0.5) is 0 Å². The molecule has 3 amide bonds. The van der Waals surface area contributed by atoms with E-state index in [0.29, 0.717) is 18.5 Å². The predicted molar refractivity (Wildman–Crippen MR) is 140 cm³/mol. The second-order valence-corrected chi connectivity index (χ2v) is 11.5. The second-order valence-electron chi connectivity index (χ2n) is 11.5. The Morgan fingerprint density at radius 2 is 1.51 bits per heavy atom. The summed E-state index contributed by atoms with van der Waals surface area (Å²) >= 11 is 0. The zero-order valence-electron chi connectivity index (χ0n) is 21.8. The summed E-state index contributed by atoms with van der Waals surface area (Å²) in [4.78, 5) is 46.4. The summed E-state index contributed by atoms with van der Waals surface area (Å²) in [6.45, 7) is 10.6. The molecule has 0 aromatic heterocycles. The van der Waals surface area contributed by atoms with Crippen LogP contribution < -0.4 is 10.6 Å². The van der Waals surface area contributed by atoms with Gasteiger partial charge in [0.2, 0.25) is 11.8 Å². The second kappa shape index (κ2) is 10.8. The van der Waals surface area contributed by atoms with Crippen LogP contribution in [0.5, 0.6) is 0 Å². The van der Waals surface area contributed by atoms with Crippen molar-refractivity contribution in [3.05, 3.63) is 34.9 Å². The van der Waals surface area contributed by atoms with E-state index in [4.69, 9.17) is 0 Å². The number of imide groups is 1. The number of hydrogen-bond donors (Lipinski definition) is 2. The molecular formula is C28H40N6O3. The standard InChI is InChI=1S/C28H40N6O3/c35-26-4-3-25(27(36)30-26)34-19-21-17-20(1-2-24(21)28(34)37)18-31-13-15-33(16-14-31)23-7-11-32(12-8-23)22-5-9-29-10-6-22/h1-2,17,22-23,25,29H,3-16,18-19H2,(H,30,35,36). The van der Waals surface area contributed by atoms with Gasteiger partial charge < -0.3 is 15.1 Å². The predicted octanol–water partition coefficient (Wildman–Crippen LogP) is 0.782. The van der Waals surface area contributed by atoms with Crippen LogP contribution in [0.1, 0.15) is 60.0 Å². The number of hydrogen-bond acceptors (Lipinski definition) is 7. The van der Waals surface area contributed by atoms with E-state index < -0.39 is 6.04 Å². The molecule has 1 aromatic carbocycles. The number of fused-ring (bicyclic) bond motifs is 1. The Bertz CT molecular complexity index is 1020. The molecule has 37 heavy (non-hydrogen) atoms. The van der Waals surface area contributed by atoms with Gasteiger partial charge in [0, 0.05) is 63.3 Å². The average Bonchev–Trinajstić information content (AvgIpc) is 3.25. The molecule has 4 fully saturated rings. The highest BCUT2D eigenvalue weighted by Crippen LogP contribution is 2.29. The Hall–Kier alpha value is -2.33. The van der Waals surface area contributed by atoms with Gasteiger partial charge in [0.1, 0.15) is 6.04 Å². The van der Waals surface area contributed by atoms with Gasteiger partial charge in [-0.05, 0) is 75.5 Å². The van der Waals surface area contributed by atoms with Gasteiger partial charge in [-0.15, -0.1) is 0 Å². The lowest BCUT2D eigenvalue weighted by Crippen LogP contribution is -2.54. The Labute approximate surface area is 219 Å². The van der Waals surface area contributed by atoms with Crippen LogP contribution in [0.25, 0.3) is 0 Å². The van der Waals surface area contributed by atoms with Crippen LogP contribution in [0, 0.1) is 0 Å². The molecule has 9 nitrogen and oxygen atoms in total. The Morgan fingerprint density at radius 1 is 0.811 bits per heavy atom. The van der Waals surface area contributed by atoms with Gasteiger partial charge in [-0.3, -0.25) is 29.5 Å². The van der Waals surface area contributed by atoms with Crippen LogP contribution in [-0.4, -0.2) is 108 Å². The maximum absolute atomic E-state index is 13.0. The molecule has 0 radical (unpaired) electrons. The van der Waals surface area contributed by atoms with Crippen molar-refractivity contribution in [1.82, 2.24) is 30.2 Å². The van der Waals surface area contributed by atoms with Crippen molar-refractivity contribution >= 4 is 17.7 Å². The fourth-order valence-electron chi connectivity index (χ4n) is 7.06. The quantitative estimate of drug-likeness (QED) is 0.569. The zero-order chi connectivity index (χ0) is 25.4. The minimum absolute atomic E-state index is 0.101. The number of amides is 3. The lowest BCUT2D eigenvalue weighted by molar-refractivity contribution is -0.136. The molecule has 5 aliphatic rings. The van der Waals surface area contributed by atoms with Gasteiger partial charge in [-0.2, -0.15) is 0 Å². The third kappa shape index (κ3) is 5.32. The third-order valence-corrected chi connectivity index (χ3v) is 9.24. The van der Waals surface area contributed by atoms with Crippen LogP contribution >= 0.6 is 0 Å². The maximum atomic E-state index is 13.0. The number of likely N-dealkylation sites (tertiary alicyclic amines) is 1. The molecule has 5 aliphatic heterocycles. The first kappa shape index (κ1) is 25.0. The van der Waals surface area contributed by atoms with Crippen molar-refractivity contribution < 1.29 is 14.4 Å². The molecule has 5 heterocycles. The first-order valence-electron chi connectivity index (χ1n) is 14.2. The summed E-state index contributed by atoms with van der Waals surface area (Å²) in [5, 5.41) is 5.86. The van der Waals surface area contributed by atoms with Crippen molar-refractivity contribution in [3.8, 4) is 0 Å². The van der Waals surface area contributed by atoms with Gasteiger partial charge in [-0.25, -0.2) is 0 Å². The number of carbonyl (C=O) groups excluding carboxylic acids is 3. The molecule has 0 bridgehead atoms. The number of piperidine rings is 3. The molecule has 0 spiro atoms. The largest absolute Gasteiger partial charge is 0.322 e. The van der Waals surface area contributed by atoms with Crippen molar-refractivity contribution in [2.24, 2.45) is 0 Å². The molecule has 200 valence electrons. The first-order chi connectivity index (χ1) is 18.0. The fourth-order valence-corrected chi connectivity index (χ4v) is 7.06. The molecule has 6 rings (SSSR count). The Morgan fingerprint density at radius 3 is 2.24 bits per heavy atom. The topological polar surface area (TPSA) is 88.2 Å². The van der Waals surface area contributed by atoms with E-state index in [2.05, 4.69) is 37.5 Å². The lowest BCUT2D eigenvalue weighted by atomic mass is 9.97. The molecule has 9 heteroatoms. The summed E-state index contributed by atoms with van der Waals surface area (Å²) in [7, 11) is 0. The number of benzene rings is 1. The molecule has 1 aromatic rings. The van der Waals surface area contributed by atoms with Crippen LogP contribution in [0.3, 0.4) is 0 Å².